The summed E-state index contributed by atoms with van der Waals surface area (Å²) in [7, 11) is 0. The summed E-state index contributed by atoms with van der Waals surface area (Å²) in [5, 5.41) is 12.2. The van der Waals surface area contributed by atoms with Crippen LogP contribution < -0.4 is 0 Å². The Labute approximate surface area is 180 Å². The number of hydrogen-bond acceptors (Lipinski definition) is 4. The quantitative estimate of drug-likeness (QED) is 0.710. The molecule has 1 aliphatic heterocycles. The van der Waals surface area contributed by atoms with Gasteiger partial charge in [0, 0.05) is 17.9 Å². The molecule has 0 bridgehead atoms. The van der Waals surface area contributed by atoms with Crippen molar-refractivity contribution in [2.75, 3.05) is 19.8 Å². The fourth-order valence-corrected chi connectivity index (χ4v) is 10.5. The number of carbonyl (C=O) groups excluding carboxylic acids is 1. The number of Topliss-reactive ketones (excluding diaryl/α,β-unsaturated/α-hetero) is 1. The zero-order valence-electron chi connectivity index (χ0n) is 18.9. The highest BCUT2D eigenvalue weighted by Crippen LogP contribution is 2.84. The van der Waals surface area contributed by atoms with Crippen LogP contribution in [0.3, 0.4) is 0 Å². The van der Waals surface area contributed by atoms with Crippen molar-refractivity contribution >= 4 is 5.78 Å². The van der Waals surface area contributed by atoms with Gasteiger partial charge in [0.05, 0.1) is 12.2 Å². The molecule has 6 saturated carbocycles. The number of ether oxygens (including phenoxy) is 2. The van der Waals surface area contributed by atoms with Crippen LogP contribution in [0.4, 0.5) is 0 Å². The van der Waals surface area contributed by atoms with Crippen LogP contribution >= 0.6 is 0 Å². The van der Waals surface area contributed by atoms with Crippen LogP contribution in [0.15, 0.2) is 0 Å². The summed E-state index contributed by atoms with van der Waals surface area (Å²) in [6.45, 7) is 8.74. The Bertz CT molecular complexity index is 805. The van der Waals surface area contributed by atoms with Gasteiger partial charge in [-0.2, -0.15) is 0 Å². The maximum absolute atomic E-state index is 12.7. The van der Waals surface area contributed by atoms with Crippen LogP contribution in [0.25, 0.3) is 0 Å². The number of ketones is 1. The van der Waals surface area contributed by atoms with E-state index in [4.69, 9.17) is 9.47 Å². The van der Waals surface area contributed by atoms with Crippen molar-refractivity contribution in [2.24, 2.45) is 58.2 Å². The maximum atomic E-state index is 12.7. The minimum absolute atomic E-state index is 0.0105. The molecule has 0 aromatic rings. The van der Waals surface area contributed by atoms with Gasteiger partial charge in [0.1, 0.15) is 12.2 Å². The topological polar surface area (TPSA) is 59.1 Å². The minimum Gasteiger partial charge on any atom is -0.389 e. The van der Waals surface area contributed by atoms with Gasteiger partial charge in [-0.15, -0.1) is 0 Å². The van der Waals surface area contributed by atoms with Crippen molar-refractivity contribution in [3.05, 3.63) is 0 Å². The molecule has 1 N–H and O–H groups in total. The van der Waals surface area contributed by atoms with Gasteiger partial charge >= 0.3 is 0 Å². The SMILES string of the molecule is CCOCC(=O)[C@H]1CC[C@]2(C)C3CC[C@@]4(C)C(C5CC5[C@@]45CO5)C3C3CC3[C@]2(O)C1. The molecule has 4 heteroatoms. The van der Waals surface area contributed by atoms with E-state index in [2.05, 4.69) is 13.8 Å². The molecule has 30 heavy (non-hydrogen) atoms. The van der Waals surface area contributed by atoms with E-state index >= 15 is 0 Å². The Morgan fingerprint density at radius 2 is 1.80 bits per heavy atom. The first kappa shape index (κ1) is 19.1. The fourth-order valence-electron chi connectivity index (χ4n) is 10.5. The Kier molecular flexibility index (Phi) is 3.52. The first-order chi connectivity index (χ1) is 14.3. The Morgan fingerprint density at radius 3 is 2.53 bits per heavy atom. The average molecular weight is 415 g/mol. The summed E-state index contributed by atoms with van der Waals surface area (Å²) in [6, 6.07) is 0. The van der Waals surface area contributed by atoms with Gasteiger partial charge in [-0.05, 0) is 98.7 Å². The van der Waals surface area contributed by atoms with Crippen LogP contribution in [0.1, 0.15) is 65.7 Å². The summed E-state index contributed by atoms with van der Waals surface area (Å²) >= 11 is 0. The summed E-state index contributed by atoms with van der Waals surface area (Å²) < 4.78 is 11.7. The molecular formula is C26H38O4. The number of rotatable bonds is 4. The van der Waals surface area contributed by atoms with Crippen molar-refractivity contribution in [3.8, 4) is 0 Å². The van der Waals surface area contributed by atoms with E-state index in [0.29, 0.717) is 36.2 Å². The van der Waals surface area contributed by atoms with Crippen LogP contribution in [0, 0.1) is 58.2 Å². The Morgan fingerprint density at radius 1 is 1.07 bits per heavy atom. The molecular weight excluding hydrogens is 376 g/mol. The predicted octanol–water partition coefficient (Wildman–Crippen LogP) is 3.85. The summed E-state index contributed by atoms with van der Waals surface area (Å²) in [5.74, 6) is 5.27. The van der Waals surface area contributed by atoms with Gasteiger partial charge in [0.15, 0.2) is 5.78 Å². The molecule has 0 aromatic heterocycles. The van der Waals surface area contributed by atoms with Crippen molar-refractivity contribution < 1.29 is 19.4 Å². The molecule has 6 aliphatic carbocycles. The number of aliphatic hydroxyl groups is 1. The van der Waals surface area contributed by atoms with E-state index in [9.17, 15) is 9.90 Å². The van der Waals surface area contributed by atoms with Crippen LogP contribution in [0.2, 0.25) is 0 Å². The lowest BCUT2D eigenvalue weighted by atomic mass is 9.42. The van der Waals surface area contributed by atoms with Crippen molar-refractivity contribution in [3.63, 3.8) is 0 Å². The summed E-state index contributed by atoms with van der Waals surface area (Å²) in [6.07, 6.45) is 7.75. The molecule has 0 amide bonds. The van der Waals surface area contributed by atoms with Crippen LogP contribution in [0.5, 0.6) is 0 Å². The molecule has 7 aliphatic rings. The van der Waals surface area contributed by atoms with E-state index in [1.165, 1.54) is 25.7 Å². The molecule has 0 aromatic carbocycles. The van der Waals surface area contributed by atoms with Gasteiger partial charge in [0.25, 0.3) is 0 Å². The van der Waals surface area contributed by atoms with Gasteiger partial charge in [-0.3, -0.25) is 4.79 Å². The monoisotopic (exact) mass is 414 g/mol. The third-order valence-corrected chi connectivity index (χ3v) is 12.1. The first-order valence-corrected chi connectivity index (χ1v) is 12.8. The maximum Gasteiger partial charge on any atom is 0.161 e. The van der Waals surface area contributed by atoms with Crippen molar-refractivity contribution in [2.45, 2.75) is 76.9 Å². The second kappa shape index (κ2) is 5.54. The summed E-state index contributed by atoms with van der Waals surface area (Å²) in [5.41, 5.74) is -0.0582. The first-order valence-electron chi connectivity index (χ1n) is 12.8. The number of hydrogen-bond donors (Lipinski definition) is 1. The van der Waals surface area contributed by atoms with E-state index in [-0.39, 0.29) is 29.3 Å². The van der Waals surface area contributed by atoms with E-state index in [0.717, 1.165) is 43.1 Å². The van der Waals surface area contributed by atoms with Crippen LogP contribution in [-0.2, 0) is 14.3 Å². The highest BCUT2D eigenvalue weighted by molar-refractivity contribution is 5.82. The molecule has 0 radical (unpaired) electrons. The molecule has 7 fully saturated rings. The molecule has 1 saturated heterocycles. The van der Waals surface area contributed by atoms with Gasteiger partial charge in [-0.1, -0.05) is 13.8 Å². The van der Waals surface area contributed by atoms with Crippen LogP contribution in [-0.4, -0.2) is 41.9 Å². The smallest absolute Gasteiger partial charge is 0.161 e. The Hall–Kier alpha value is -0.450. The van der Waals surface area contributed by atoms with Gasteiger partial charge in [0.2, 0.25) is 0 Å². The fraction of sp³-hybridized carbons (Fsp3) is 0.962. The van der Waals surface area contributed by atoms with Crippen molar-refractivity contribution in [1.82, 2.24) is 0 Å². The lowest BCUT2D eigenvalue weighted by Gasteiger charge is -2.64. The zero-order chi connectivity index (χ0) is 20.7. The number of fused-ring (bicyclic) bond motifs is 12. The number of epoxide rings is 1. The summed E-state index contributed by atoms with van der Waals surface area (Å²) in [4.78, 5) is 12.7. The molecule has 1 heterocycles. The zero-order valence-corrected chi connectivity index (χ0v) is 18.9. The normalized spacial score (nSPS) is 63.9. The van der Waals surface area contributed by atoms with Gasteiger partial charge in [-0.25, -0.2) is 0 Å². The highest BCUT2D eigenvalue weighted by Gasteiger charge is 2.84. The lowest BCUT2D eigenvalue weighted by molar-refractivity contribution is -0.222. The largest absolute Gasteiger partial charge is 0.389 e. The molecule has 7 unspecified atom stereocenters. The highest BCUT2D eigenvalue weighted by atomic mass is 16.6. The van der Waals surface area contributed by atoms with Gasteiger partial charge < -0.3 is 14.6 Å². The second-order valence-corrected chi connectivity index (χ2v) is 12.7. The molecule has 1 spiro atoms. The Balaban J connectivity index is 1.21. The van der Waals surface area contributed by atoms with E-state index in [1.807, 2.05) is 6.92 Å². The molecule has 166 valence electrons. The lowest BCUT2D eigenvalue weighted by Crippen LogP contribution is -2.64. The molecule has 7 rings (SSSR count). The minimum atomic E-state index is -0.646. The second-order valence-electron chi connectivity index (χ2n) is 12.7. The van der Waals surface area contributed by atoms with E-state index < -0.39 is 5.60 Å². The number of carbonyl (C=O) groups is 1. The van der Waals surface area contributed by atoms with E-state index in [1.54, 1.807) is 0 Å². The third-order valence-electron chi connectivity index (χ3n) is 12.1. The molecule has 4 nitrogen and oxygen atoms in total. The third kappa shape index (κ3) is 1.96. The standard InChI is InChI=1S/C26H38O4/c1-4-29-12-20(27)14-5-7-23(2)17-6-8-24(3)22(16-10-19(16)26(24)13-30-26)21(17)15-9-18(15)25(23,28)11-14/h14-19,21-22,28H,4-13H2,1-3H3/t14-,15?,16?,17?,18?,19?,21?,22?,23+,24-,25+,26-/m0/s1. The predicted molar refractivity (Wildman–Crippen MR) is 112 cm³/mol. The molecule has 12 atom stereocenters. The van der Waals surface area contributed by atoms with Crippen molar-refractivity contribution in [1.29, 1.82) is 0 Å². The average Bonchev–Trinajstić information content (AvgIpc) is 3.58.